The fourth-order valence-corrected chi connectivity index (χ4v) is 5.11. The van der Waals surface area contributed by atoms with Gasteiger partial charge in [-0.15, -0.1) is 11.8 Å². The Morgan fingerprint density at radius 3 is 2.58 bits per heavy atom. The Bertz CT molecular complexity index is 1030. The van der Waals surface area contributed by atoms with E-state index in [1.807, 2.05) is 0 Å². The number of anilines is 1. The average Bonchev–Trinajstić information content (AvgIpc) is 3.35. The maximum atomic E-state index is 13.1. The molecule has 2 aromatic heterocycles. The van der Waals surface area contributed by atoms with Crippen molar-refractivity contribution < 1.29 is 8.42 Å². The Balaban J connectivity index is 2.03. The van der Waals surface area contributed by atoms with Gasteiger partial charge in [0, 0.05) is 17.7 Å². The first kappa shape index (κ1) is 15.5. The van der Waals surface area contributed by atoms with Gasteiger partial charge in [-0.2, -0.15) is 9.61 Å². The zero-order chi connectivity index (χ0) is 16.9. The topological polar surface area (TPSA) is 90.3 Å². The molecule has 3 aromatic rings. The fraction of sp³-hybridized carbons (Fsp3) is 0.250. The third-order valence-electron chi connectivity index (χ3n) is 4.08. The monoisotopic (exact) mass is 360 g/mol. The summed E-state index contributed by atoms with van der Waals surface area (Å²) in [4.78, 5) is 4.95. The lowest BCUT2D eigenvalue weighted by atomic mass is 10.3. The van der Waals surface area contributed by atoms with Crippen LogP contribution in [-0.2, 0) is 9.84 Å². The Hall–Kier alpha value is -2.06. The summed E-state index contributed by atoms with van der Waals surface area (Å²) in [6.45, 7) is 0. The van der Waals surface area contributed by atoms with Crippen molar-refractivity contribution in [3.8, 4) is 0 Å². The first-order chi connectivity index (χ1) is 11.5. The summed E-state index contributed by atoms with van der Waals surface area (Å²) < 4.78 is 27.7. The van der Waals surface area contributed by atoms with Gasteiger partial charge in [0.1, 0.15) is 10.8 Å². The summed E-state index contributed by atoms with van der Waals surface area (Å²) in [5.74, 6) is 0.781. The minimum atomic E-state index is -3.73. The number of aromatic nitrogens is 3. The number of benzene rings is 1. The Morgan fingerprint density at radius 1 is 1.25 bits per heavy atom. The number of nitrogen functional groups attached to an aromatic ring is 1. The van der Waals surface area contributed by atoms with Crippen molar-refractivity contribution in [2.75, 3.05) is 12.0 Å². The van der Waals surface area contributed by atoms with Crippen molar-refractivity contribution in [2.45, 2.75) is 33.6 Å². The first-order valence-electron chi connectivity index (χ1n) is 7.55. The number of fused-ring (bicyclic) bond motifs is 1. The van der Waals surface area contributed by atoms with Crippen molar-refractivity contribution >= 4 is 33.1 Å². The molecular formula is C16H16N4O2S2. The van der Waals surface area contributed by atoms with E-state index in [1.54, 1.807) is 42.7 Å². The second kappa shape index (κ2) is 5.49. The summed E-state index contributed by atoms with van der Waals surface area (Å²) in [6, 6.07) is 10.1. The largest absolute Gasteiger partial charge is 0.384 e. The van der Waals surface area contributed by atoms with E-state index >= 15 is 0 Å². The third kappa shape index (κ3) is 2.37. The summed E-state index contributed by atoms with van der Waals surface area (Å²) in [5.41, 5.74) is 7.25. The highest BCUT2D eigenvalue weighted by molar-refractivity contribution is 7.99. The van der Waals surface area contributed by atoms with Gasteiger partial charge in [0.05, 0.1) is 4.90 Å². The van der Waals surface area contributed by atoms with Crippen LogP contribution in [0, 0.1) is 0 Å². The van der Waals surface area contributed by atoms with Gasteiger partial charge in [-0.3, -0.25) is 0 Å². The van der Waals surface area contributed by atoms with Gasteiger partial charge in [0.25, 0.3) is 0 Å². The maximum Gasteiger partial charge on any atom is 0.213 e. The molecule has 0 unspecified atom stereocenters. The van der Waals surface area contributed by atoms with Crippen LogP contribution in [0.15, 0.2) is 51.2 Å². The van der Waals surface area contributed by atoms with E-state index in [0.29, 0.717) is 22.4 Å². The molecule has 0 radical (unpaired) electrons. The van der Waals surface area contributed by atoms with Crippen molar-refractivity contribution in [3.05, 3.63) is 42.1 Å². The molecular weight excluding hydrogens is 344 g/mol. The van der Waals surface area contributed by atoms with Gasteiger partial charge in [-0.25, -0.2) is 13.4 Å². The standard InChI is InChI=1S/C16H16N4O2S2/c1-23-16-14(24(21,22)11-5-3-2-4-6-11)15-18-12(10-7-8-10)9-13(17)20(15)19-16/h2-6,9-10H,7-8,17H2,1H3. The van der Waals surface area contributed by atoms with Gasteiger partial charge in [-0.1, -0.05) is 18.2 Å². The molecule has 0 amide bonds. The van der Waals surface area contributed by atoms with Crippen LogP contribution >= 0.6 is 11.8 Å². The van der Waals surface area contributed by atoms with Gasteiger partial charge in [0.2, 0.25) is 9.84 Å². The zero-order valence-corrected chi connectivity index (χ0v) is 14.6. The number of hydrogen-bond donors (Lipinski definition) is 1. The van der Waals surface area contributed by atoms with E-state index in [0.717, 1.165) is 18.5 Å². The minimum absolute atomic E-state index is 0.135. The quantitative estimate of drug-likeness (QED) is 0.720. The summed E-state index contributed by atoms with van der Waals surface area (Å²) in [7, 11) is -3.73. The summed E-state index contributed by atoms with van der Waals surface area (Å²) >= 11 is 1.27. The van der Waals surface area contributed by atoms with E-state index in [4.69, 9.17) is 5.73 Å². The molecule has 1 aromatic carbocycles. The molecule has 8 heteroatoms. The lowest BCUT2D eigenvalue weighted by Gasteiger charge is -2.06. The Morgan fingerprint density at radius 2 is 1.96 bits per heavy atom. The zero-order valence-electron chi connectivity index (χ0n) is 13.0. The highest BCUT2D eigenvalue weighted by atomic mass is 32.2. The molecule has 2 N–H and O–H groups in total. The molecule has 0 saturated heterocycles. The first-order valence-corrected chi connectivity index (χ1v) is 10.3. The molecule has 1 aliphatic rings. The second-order valence-corrected chi connectivity index (χ2v) is 8.45. The number of nitrogens with zero attached hydrogens (tertiary/aromatic N) is 3. The number of hydrogen-bond acceptors (Lipinski definition) is 6. The number of nitrogens with two attached hydrogens (primary N) is 1. The number of thioether (sulfide) groups is 1. The van der Waals surface area contributed by atoms with Crippen LogP contribution in [0.1, 0.15) is 24.5 Å². The average molecular weight is 360 g/mol. The van der Waals surface area contributed by atoms with Crippen molar-refractivity contribution in [1.82, 2.24) is 14.6 Å². The van der Waals surface area contributed by atoms with Crippen LogP contribution in [0.4, 0.5) is 5.82 Å². The Labute approximate surface area is 144 Å². The fourth-order valence-electron chi connectivity index (χ4n) is 2.70. The smallest absolute Gasteiger partial charge is 0.213 e. The van der Waals surface area contributed by atoms with Crippen molar-refractivity contribution in [1.29, 1.82) is 0 Å². The van der Waals surface area contributed by atoms with Gasteiger partial charge in [-0.05, 0) is 31.2 Å². The van der Waals surface area contributed by atoms with E-state index in [-0.39, 0.29) is 9.79 Å². The van der Waals surface area contributed by atoms with E-state index < -0.39 is 9.84 Å². The molecule has 1 saturated carbocycles. The van der Waals surface area contributed by atoms with Crippen LogP contribution in [0.5, 0.6) is 0 Å². The molecule has 0 spiro atoms. The van der Waals surface area contributed by atoms with E-state index in [2.05, 4.69) is 10.1 Å². The predicted molar refractivity (Wildman–Crippen MR) is 93.0 cm³/mol. The number of rotatable bonds is 4. The third-order valence-corrected chi connectivity index (χ3v) is 6.68. The van der Waals surface area contributed by atoms with E-state index in [9.17, 15) is 8.42 Å². The lowest BCUT2D eigenvalue weighted by molar-refractivity contribution is 0.594. The molecule has 1 fully saturated rings. The second-order valence-electron chi connectivity index (χ2n) is 5.77. The van der Waals surface area contributed by atoms with Gasteiger partial charge in [0.15, 0.2) is 10.5 Å². The highest BCUT2D eigenvalue weighted by Crippen LogP contribution is 2.41. The molecule has 0 aliphatic heterocycles. The van der Waals surface area contributed by atoms with Crippen LogP contribution < -0.4 is 5.73 Å². The van der Waals surface area contributed by atoms with Crippen molar-refractivity contribution in [3.63, 3.8) is 0 Å². The molecule has 0 atom stereocenters. The van der Waals surface area contributed by atoms with Crippen LogP contribution in [0.2, 0.25) is 0 Å². The number of sulfone groups is 1. The highest BCUT2D eigenvalue weighted by Gasteiger charge is 2.31. The normalized spacial score (nSPS) is 15.0. The lowest BCUT2D eigenvalue weighted by Crippen LogP contribution is -2.06. The molecule has 6 nitrogen and oxygen atoms in total. The molecule has 1 aliphatic carbocycles. The van der Waals surface area contributed by atoms with E-state index in [1.165, 1.54) is 16.3 Å². The molecule has 24 heavy (non-hydrogen) atoms. The SMILES string of the molecule is CSc1nn2c(N)cc(C3CC3)nc2c1S(=O)(=O)c1ccccc1. The van der Waals surface area contributed by atoms with Crippen LogP contribution in [-0.4, -0.2) is 29.3 Å². The van der Waals surface area contributed by atoms with Crippen LogP contribution in [0.25, 0.3) is 5.65 Å². The minimum Gasteiger partial charge on any atom is -0.384 e. The summed E-state index contributed by atoms with van der Waals surface area (Å²) in [6.07, 6.45) is 3.92. The van der Waals surface area contributed by atoms with Gasteiger partial charge < -0.3 is 5.73 Å². The molecule has 4 rings (SSSR count). The predicted octanol–water partition coefficient (Wildman–Crippen LogP) is 2.74. The molecule has 124 valence electrons. The van der Waals surface area contributed by atoms with Gasteiger partial charge >= 0.3 is 0 Å². The molecule has 0 bridgehead atoms. The molecule has 2 heterocycles. The summed E-state index contributed by atoms with van der Waals surface area (Å²) in [5, 5.41) is 4.76. The van der Waals surface area contributed by atoms with Crippen LogP contribution in [0.3, 0.4) is 0 Å². The van der Waals surface area contributed by atoms with Crippen molar-refractivity contribution in [2.24, 2.45) is 0 Å². The Kier molecular flexibility index (Phi) is 3.54. The maximum absolute atomic E-state index is 13.1.